The van der Waals surface area contributed by atoms with E-state index in [1.54, 1.807) is 7.11 Å². The molecular formula is C13H24N4O2. The third kappa shape index (κ3) is 4.24. The van der Waals surface area contributed by atoms with Gasteiger partial charge < -0.3 is 20.5 Å². The molecule has 0 bridgehead atoms. The quantitative estimate of drug-likeness (QED) is 0.666. The third-order valence-electron chi connectivity index (χ3n) is 2.87. The summed E-state index contributed by atoms with van der Waals surface area (Å²) in [6.07, 6.45) is 2.48. The minimum absolute atomic E-state index is 0.0442. The van der Waals surface area contributed by atoms with Crippen molar-refractivity contribution in [3.63, 3.8) is 0 Å². The largest absolute Gasteiger partial charge is 0.490 e. The van der Waals surface area contributed by atoms with E-state index in [9.17, 15) is 5.11 Å². The summed E-state index contributed by atoms with van der Waals surface area (Å²) in [5, 5.41) is 15.8. The molecular weight excluding hydrogens is 244 g/mol. The summed E-state index contributed by atoms with van der Waals surface area (Å²) >= 11 is 0. The van der Waals surface area contributed by atoms with E-state index in [-0.39, 0.29) is 18.6 Å². The van der Waals surface area contributed by atoms with Crippen molar-refractivity contribution in [1.82, 2.24) is 9.97 Å². The number of methoxy groups -OCH3 is 1. The van der Waals surface area contributed by atoms with Crippen LogP contribution in [0.15, 0.2) is 6.33 Å². The van der Waals surface area contributed by atoms with Gasteiger partial charge in [-0.05, 0) is 12.3 Å². The van der Waals surface area contributed by atoms with Crippen LogP contribution in [0.2, 0.25) is 0 Å². The average molecular weight is 268 g/mol. The molecule has 108 valence electrons. The maximum absolute atomic E-state index is 9.37. The second-order valence-electron chi connectivity index (χ2n) is 4.71. The van der Waals surface area contributed by atoms with Crippen molar-refractivity contribution in [2.75, 3.05) is 30.9 Å². The zero-order valence-corrected chi connectivity index (χ0v) is 12.1. The monoisotopic (exact) mass is 268 g/mol. The molecule has 0 saturated heterocycles. The number of aliphatic hydroxyl groups is 1. The van der Waals surface area contributed by atoms with Crippen molar-refractivity contribution in [3.8, 4) is 5.75 Å². The molecule has 1 atom stereocenters. The summed E-state index contributed by atoms with van der Waals surface area (Å²) in [4.78, 5) is 8.37. The summed E-state index contributed by atoms with van der Waals surface area (Å²) in [6, 6.07) is -0.0668. The zero-order chi connectivity index (χ0) is 14.3. The molecule has 0 amide bonds. The van der Waals surface area contributed by atoms with Crippen molar-refractivity contribution in [1.29, 1.82) is 0 Å². The molecule has 0 aromatic carbocycles. The Labute approximate surface area is 114 Å². The number of rotatable bonds is 8. The van der Waals surface area contributed by atoms with Crippen molar-refractivity contribution < 1.29 is 9.84 Å². The summed E-state index contributed by atoms with van der Waals surface area (Å²) in [5.41, 5.74) is 0. The maximum atomic E-state index is 9.37. The molecule has 1 heterocycles. The summed E-state index contributed by atoms with van der Waals surface area (Å²) in [6.45, 7) is 7.03. The van der Waals surface area contributed by atoms with Crippen LogP contribution in [0.5, 0.6) is 5.75 Å². The van der Waals surface area contributed by atoms with E-state index in [1.165, 1.54) is 6.33 Å². The fraction of sp³-hybridized carbons (Fsp3) is 0.692. The minimum atomic E-state index is -0.0668. The molecule has 0 aliphatic rings. The molecule has 6 nitrogen and oxygen atoms in total. The van der Waals surface area contributed by atoms with E-state index in [0.29, 0.717) is 17.4 Å². The normalized spacial score (nSPS) is 12.3. The summed E-state index contributed by atoms with van der Waals surface area (Å²) < 4.78 is 5.37. The van der Waals surface area contributed by atoms with Crippen LogP contribution in [0.1, 0.15) is 27.2 Å². The van der Waals surface area contributed by atoms with Crippen molar-refractivity contribution in [2.45, 2.75) is 33.2 Å². The van der Waals surface area contributed by atoms with Gasteiger partial charge in [-0.1, -0.05) is 20.8 Å². The van der Waals surface area contributed by atoms with Crippen LogP contribution in [0.3, 0.4) is 0 Å². The summed E-state index contributed by atoms with van der Waals surface area (Å²) in [5.74, 6) is 2.14. The molecule has 1 rings (SSSR count). The Bertz CT molecular complexity index is 385. The van der Waals surface area contributed by atoms with Crippen LogP contribution < -0.4 is 15.4 Å². The molecule has 3 N–H and O–H groups in total. The van der Waals surface area contributed by atoms with E-state index in [2.05, 4.69) is 27.5 Å². The third-order valence-corrected chi connectivity index (χ3v) is 2.87. The van der Waals surface area contributed by atoms with Gasteiger partial charge in [-0.2, -0.15) is 0 Å². The number of aliphatic hydroxyl groups excluding tert-OH is 1. The zero-order valence-electron chi connectivity index (χ0n) is 12.1. The van der Waals surface area contributed by atoms with E-state index in [0.717, 1.165) is 13.0 Å². The Hall–Kier alpha value is -1.56. The van der Waals surface area contributed by atoms with Gasteiger partial charge in [0, 0.05) is 6.54 Å². The highest BCUT2D eigenvalue weighted by Gasteiger charge is 2.17. The van der Waals surface area contributed by atoms with Gasteiger partial charge >= 0.3 is 0 Å². The highest BCUT2D eigenvalue weighted by Crippen LogP contribution is 2.29. The Morgan fingerprint density at radius 3 is 2.53 bits per heavy atom. The number of nitrogens with zero attached hydrogens (tertiary/aromatic N) is 2. The number of ether oxygens (including phenoxy) is 1. The molecule has 0 spiro atoms. The molecule has 1 aromatic heterocycles. The average Bonchev–Trinajstić information content (AvgIpc) is 2.41. The van der Waals surface area contributed by atoms with E-state index < -0.39 is 0 Å². The Morgan fingerprint density at radius 2 is 2.00 bits per heavy atom. The van der Waals surface area contributed by atoms with Crippen LogP contribution in [0, 0.1) is 5.92 Å². The van der Waals surface area contributed by atoms with Gasteiger partial charge in [-0.25, -0.2) is 9.97 Å². The molecule has 0 aliphatic heterocycles. The minimum Gasteiger partial charge on any atom is -0.490 e. The Kier molecular flexibility index (Phi) is 6.35. The van der Waals surface area contributed by atoms with Gasteiger partial charge in [-0.3, -0.25) is 0 Å². The van der Waals surface area contributed by atoms with Gasteiger partial charge in [0.05, 0.1) is 19.8 Å². The molecule has 0 saturated carbocycles. The SMILES string of the molecule is CCCNc1ncnc(N[C@H](CO)C(C)C)c1OC. The maximum Gasteiger partial charge on any atom is 0.204 e. The number of hydrogen-bond acceptors (Lipinski definition) is 6. The highest BCUT2D eigenvalue weighted by molar-refractivity contribution is 5.63. The van der Waals surface area contributed by atoms with Gasteiger partial charge in [0.1, 0.15) is 6.33 Å². The van der Waals surface area contributed by atoms with Crippen LogP contribution in [-0.4, -0.2) is 41.4 Å². The van der Waals surface area contributed by atoms with Gasteiger partial charge in [0.25, 0.3) is 0 Å². The number of hydrogen-bond donors (Lipinski definition) is 3. The first-order valence-corrected chi connectivity index (χ1v) is 6.64. The number of nitrogens with one attached hydrogen (secondary N) is 2. The van der Waals surface area contributed by atoms with E-state index in [4.69, 9.17) is 4.74 Å². The molecule has 19 heavy (non-hydrogen) atoms. The smallest absolute Gasteiger partial charge is 0.204 e. The van der Waals surface area contributed by atoms with Crippen LogP contribution >= 0.6 is 0 Å². The first-order valence-electron chi connectivity index (χ1n) is 6.64. The Morgan fingerprint density at radius 1 is 1.32 bits per heavy atom. The lowest BCUT2D eigenvalue weighted by atomic mass is 10.1. The molecule has 0 aliphatic carbocycles. The first kappa shape index (κ1) is 15.5. The molecule has 6 heteroatoms. The van der Waals surface area contributed by atoms with Gasteiger partial charge in [0.15, 0.2) is 11.6 Å². The highest BCUT2D eigenvalue weighted by atomic mass is 16.5. The van der Waals surface area contributed by atoms with Crippen LogP contribution in [-0.2, 0) is 0 Å². The van der Waals surface area contributed by atoms with Gasteiger partial charge in [0.2, 0.25) is 5.75 Å². The molecule has 0 unspecified atom stereocenters. The number of anilines is 2. The fourth-order valence-corrected chi connectivity index (χ4v) is 1.64. The predicted molar refractivity (Wildman–Crippen MR) is 76.7 cm³/mol. The lowest BCUT2D eigenvalue weighted by Gasteiger charge is -2.22. The number of aromatic nitrogens is 2. The van der Waals surface area contributed by atoms with E-state index in [1.807, 2.05) is 13.8 Å². The summed E-state index contributed by atoms with van der Waals surface area (Å²) in [7, 11) is 1.59. The van der Waals surface area contributed by atoms with Gasteiger partial charge in [-0.15, -0.1) is 0 Å². The second-order valence-corrected chi connectivity index (χ2v) is 4.71. The fourth-order valence-electron chi connectivity index (χ4n) is 1.64. The first-order chi connectivity index (χ1) is 9.13. The van der Waals surface area contributed by atoms with Crippen molar-refractivity contribution >= 4 is 11.6 Å². The second kappa shape index (κ2) is 7.78. The topological polar surface area (TPSA) is 79.3 Å². The molecule has 1 aromatic rings. The standard InChI is InChI=1S/C13H24N4O2/c1-5-6-14-12-11(19-4)13(16-8-15-12)17-10(7-18)9(2)3/h8-10,18H,5-7H2,1-4H3,(H2,14,15,16,17)/t10-/m1/s1. The van der Waals surface area contributed by atoms with Crippen LogP contribution in [0.4, 0.5) is 11.6 Å². The Balaban J connectivity index is 2.93. The molecule has 0 radical (unpaired) electrons. The lowest BCUT2D eigenvalue weighted by molar-refractivity contribution is 0.248. The van der Waals surface area contributed by atoms with E-state index >= 15 is 0 Å². The van der Waals surface area contributed by atoms with Crippen molar-refractivity contribution in [3.05, 3.63) is 6.33 Å². The molecule has 0 fully saturated rings. The predicted octanol–water partition coefficient (Wildman–Crippen LogP) is 1.74. The van der Waals surface area contributed by atoms with Crippen LogP contribution in [0.25, 0.3) is 0 Å². The van der Waals surface area contributed by atoms with Crippen molar-refractivity contribution in [2.24, 2.45) is 5.92 Å². The lowest BCUT2D eigenvalue weighted by Crippen LogP contribution is -2.30.